The van der Waals surface area contributed by atoms with Crippen LogP contribution < -0.4 is 5.32 Å². The summed E-state index contributed by atoms with van der Waals surface area (Å²) in [6, 6.07) is 10.2. The molecular formula is C18H27ClN2O3. The highest BCUT2D eigenvalue weighted by Gasteiger charge is 2.29. The molecule has 0 aliphatic carbocycles. The van der Waals surface area contributed by atoms with Crippen molar-refractivity contribution in [2.24, 2.45) is 0 Å². The minimum absolute atomic E-state index is 0. The summed E-state index contributed by atoms with van der Waals surface area (Å²) < 4.78 is 11.4. The molecule has 0 radical (unpaired) electrons. The smallest absolute Gasteiger partial charge is 0.242 e. The van der Waals surface area contributed by atoms with Crippen LogP contribution in [0.4, 0.5) is 0 Å². The first kappa shape index (κ1) is 19.2. The lowest BCUT2D eigenvalue weighted by Crippen LogP contribution is -2.54. The fraction of sp³-hybridized carbons (Fsp3) is 0.611. The second kappa shape index (κ2) is 9.99. The third-order valence-corrected chi connectivity index (χ3v) is 4.56. The van der Waals surface area contributed by atoms with E-state index in [1.807, 2.05) is 11.0 Å². The first-order valence-electron chi connectivity index (χ1n) is 8.58. The Morgan fingerprint density at radius 1 is 1.25 bits per heavy atom. The molecule has 6 heteroatoms. The topological polar surface area (TPSA) is 50.8 Å². The van der Waals surface area contributed by atoms with Gasteiger partial charge in [0.15, 0.2) is 0 Å². The number of benzene rings is 1. The molecule has 0 saturated carbocycles. The summed E-state index contributed by atoms with van der Waals surface area (Å²) in [4.78, 5) is 14.3. The van der Waals surface area contributed by atoms with E-state index in [0.29, 0.717) is 13.2 Å². The van der Waals surface area contributed by atoms with Crippen LogP contribution in [0.3, 0.4) is 0 Å². The third kappa shape index (κ3) is 5.45. The molecule has 3 rings (SSSR count). The highest BCUT2D eigenvalue weighted by Crippen LogP contribution is 2.15. The highest BCUT2D eigenvalue weighted by atomic mass is 35.5. The van der Waals surface area contributed by atoms with Gasteiger partial charge in [0.1, 0.15) is 6.04 Å². The molecule has 2 aliphatic rings. The van der Waals surface area contributed by atoms with E-state index in [4.69, 9.17) is 9.47 Å². The van der Waals surface area contributed by atoms with E-state index < -0.39 is 0 Å². The monoisotopic (exact) mass is 354 g/mol. The highest BCUT2D eigenvalue weighted by molar-refractivity contribution is 5.85. The average Bonchev–Trinajstić information content (AvgIpc) is 2.63. The molecule has 0 bridgehead atoms. The van der Waals surface area contributed by atoms with E-state index in [1.54, 1.807) is 0 Å². The van der Waals surface area contributed by atoms with E-state index in [0.717, 1.165) is 45.5 Å². The fourth-order valence-corrected chi connectivity index (χ4v) is 3.18. The Morgan fingerprint density at radius 2 is 2.00 bits per heavy atom. The number of amides is 1. The lowest BCUT2D eigenvalue weighted by molar-refractivity contribution is -0.139. The van der Waals surface area contributed by atoms with E-state index in [9.17, 15) is 4.79 Å². The molecule has 1 N–H and O–H groups in total. The number of piperidine rings is 1. The molecule has 2 aliphatic heterocycles. The van der Waals surface area contributed by atoms with E-state index >= 15 is 0 Å². The Labute approximate surface area is 150 Å². The van der Waals surface area contributed by atoms with Crippen molar-refractivity contribution < 1.29 is 14.3 Å². The maximum absolute atomic E-state index is 12.4. The van der Waals surface area contributed by atoms with Crippen molar-refractivity contribution in [2.45, 2.75) is 31.4 Å². The van der Waals surface area contributed by atoms with Crippen LogP contribution in [0.5, 0.6) is 0 Å². The van der Waals surface area contributed by atoms with Gasteiger partial charge in [-0.25, -0.2) is 0 Å². The number of hydrogen-bond acceptors (Lipinski definition) is 4. The van der Waals surface area contributed by atoms with Crippen LogP contribution in [-0.2, 0) is 20.7 Å². The summed E-state index contributed by atoms with van der Waals surface area (Å²) >= 11 is 0. The van der Waals surface area contributed by atoms with Gasteiger partial charge in [0, 0.05) is 19.6 Å². The van der Waals surface area contributed by atoms with Crippen LogP contribution in [-0.4, -0.2) is 62.4 Å². The van der Waals surface area contributed by atoms with Crippen LogP contribution in [0, 0.1) is 0 Å². The molecule has 134 valence electrons. The molecule has 2 saturated heterocycles. The zero-order chi connectivity index (χ0) is 15.9. The molecule has 5 nitrogen and oxygen atoms in total. The molecule has 1 aromatic carbocycles. The van der Waals surface area contributed by atoms with Gasteiger partial charge >= 0.3 is 0 Å². The Morgan fingerprint density at radius 3 is 2.67 bits per heavy atom. The summed E-state index contributed by atoms with van der Waals surface area (Å²) in [6.07, 6.45) is 3.07. The molecule has 0 aromatic heterocycles. The van der Waals surface area contributed by atoms with Crippen molar-refractivity contribution in [1.29, 1.82) is 0 Å². The molecule has 1 aromatic rings. The van der Waals surface area contributed by atoms with Gasteiger partial charge in [-0.15, -0.1) is 12.4 Å². The Kier molecular flexibility index (Phi) is 7.99. The lowest BCUT2D eigenvalue weighted by Gasteiger charge is -2.35. The van der Waals surface area contributed by atoms with Crippen molar-refractivity contribution in [2.75, 3.05) is 39.5 Å². The van der Waals surface area contributed by atoms with Gasteiger partial charge in [-0.05, 0) is 24.8 Å². The zero-order valence-electron chi connectivity index (χ0n) is 14.0. The molecule has 0 spiro atoms. The predicted octanol–water partition coefficient (Wildman–Crippen LogP) is 1.65. The summed E-state index contributed by atoms with van der Waals surface area (Å²) in [5.41, 5.74) is 1.31. The maximum atomic E-state index is 12.4. The quantitative estimate of drug-likeness (QED) is 0.873. The van der Waals surface area contributed by atoms with Crippen molar-refractivity contribution >= 4 is 18.3 Å². The number of halogens is 1. The van der Waals surface area contributed by atoms with Gasteiger partial charge in [-0.1, -0.05) is 30.3 Å². The SMILES string of the molecule is Cl.O=C(C1COCCN1)N1CCC(OCCc2ccccc2)CC1. The number of rotatable bonds is 5. The fourth-order valence-electron chi connectivity index (χ4n) is 3.18. The maximum Gasteiger partial charge on any atom is 0.242 e. The van der Waals surface area contributed by atoms with Crippen molar-refractivity contribution in [3.05, 3.63) is 35.9 Å². The molecule has 2 fully saturated rings. The number of nitrogens with zero attached hydrogens (tertiary/aromatic N) is 1. The standard InChI is InChI=1S/C18H26N2O3.ClH/c21-18(17-14-22-13-9-19-17)20-10-6-16(7-11-20)23-12-8-15-4-2-1-3-5-15;/h1-5,16-17,19H,6-14H2;1H. The number of carbonyl (C=O) groups is 1. The molecule has 1 atom stereocenters. The van der Waals surface area contributed by atoms with Gasteiger partial charge in [0.25, 0.3) is 0 Å². The van der Waals surface area contributed by atoms with Crippen LogP contribution in [0.2, 0.25) is 0 Å². The first-order valence-corrected chi connectivity index (χ1v) is 8.58. The van der Waals surface area contributed by atoms with Crippen LogP contribution >= 0.6 is 12.4 Å². The van der Waals surface area contributed by atoms with Crippen LogP contribution in [0.15, 0.2) is 30.3 Å². The van der Waals surface area contributed by atoms with Gasteiger partial charge in [0.2, 0.25) is 5.91 Å². The normalized spacial score (nSPS) is 22.0. The number of nitrogens with one attached hydrogen (secondary N) is 1. The number of carbonyl (C=O) groups excluding carboxylic acids is 1. The second-order valence-corrected chi connectivity index (χ2v) is 6.21. The number of ether oxygens (including phenoxy) is 2. The Balaban J connectivity index is 0.00000208. The number of morpholine rings is 1. The summed E-state index contributed by atoms with van der Waals surface area (Å²) in [6.45, 7) is 4.27. The van der Waals surface area contributed by atoms with E-state index in [2.05, 4.69) is 29.6 Å². The lowest BCUT2D eigenvalue weighted by atomic mass is 10.1. The van der Waals surface area contributed by atoms with Crippen LogP contribution in [0.25, 0.3) is 0 Å². The molecule has 24 heavy (non-hydrogen) atoms. The minimum atomic E-state index is -0.167. The molecule has 1 unspecified atom stereocenters. The summed E-state index contributed by atoms with van der Waals surface area (Å²) in [5.74, 6) is 0.174. The van der Waals surface area contributed by atoms with Gasteiger partial charge in [-0.2, -0.15) is 0 Å². The van der Waals surface area contributed by atoms with Gasteiger partial charge in [-0.3, -0.25) is 4.79 Å². The van der Waals surface area contributed by atoms with Gasteiger partial charge < -0.3 is 19.7 Å². The van der Waals surface area contributed by atoms with Crippen LogP contribution in [0.1, 0.15) is 18.4 Å². The van der Waals surface area contributed by atoms with Crippen molar-refractivity contribution in [3.63, 3.8) is 0 Å². The minimum Gasteiger partial charge on any atom is -0.378 e. The van der Waals surface area contributed by atoms with E-state index in [1.165, 1.54) is 5.56 Å². The molecule has 2 heterocycles. The van der Waals surface area contributed by atoms with E-state index in [-0.39, 0.29) is 30.5 Å². The predicted molar refractivity (Wildman–Crippen MR) is 95.6 cm³/mol. The molecule has 1 amide bonds. The van der Waals surface area contributed by atoms with Crippen molar-refractivity contribution in [3.8, 4) is 0 Å². The Bertz CT molecular complexity index is 486. The number of hydrogen-bond donors (Lipinski definition) is 1. The third-order valence-electron chi connectivity index (χ3n) is 4.56. The number of likely N-dealkylation sites (tertiary alicyclic amines) is 1. The zero-order valence-corrected chi connectivity index (χ0v) is 14.8. The summed E-state index contributed by atoms with van der Waals surface area (Å²) in [5, 5.41) is 3.23. The summed E-state index contributed by atoms with van der Waals surface area (Å²) in [7, 11) is 0. The Hall–Kier alpha value is -1.14. The first-order chi connectivity index (χ1) is 11.3. The van der Waals surface area contributed by atoms with Crippen molar-refractivity contribution in [1.82, 2.24) is 10.2 Å². The second-order valence-electron chi connectivity index (χ2n) is 6.21. The largest absolute Gasteiger partial charge is 0.378 e. The average molecular weight is 355 g/mol. The molecular weight excluding hydrogens is 328 g/mol. The van der Waals surface area contributed by atoms with Gasteiger partial charge in [0.05, 0.1) is 25.9 Å².